The van der Waals surface area contributed by atoms with E-state index >= 15 is 0 Å². The molecule has 1 aliphatic rings. The summed E-state index contributed by atoms with van der Waals surface area (Å²) in [5, 5.41) is 15.5. The summed E-state index contributed by atoms with van der Waals surface area (Å²) in [4.78, 5) is 12.0. The smallest absolute Gasteiger partial charge is 0.251 e. The molecule has 0 aliphatic carbocycles. The second-order valence-electron chi connectivity index (χ2n) is 5.68. The summed E-state index contributed by atoms with van der Waals surface area (Å²) in [6.07, 6.45) is 0. The fourth-order valence-electron chi connectivity index (χ4n) is 1.90. The van der Waals surface area contributed by atoms with Crippen LogP contribution in [0.25, 0.3) is 0 Å². The average Bonchev–Trinajstić information content (AvgIpc) is 2.84. The van der Waals surface area contributed by atoms with Crippen molar-refractivity contribution in [1.82, 2.24) is 5.32 Å². The molecule has 104 valence electrons. The Hall–Kier alpha value is -1.20. The molecule has 0 aromatic heterocycles. The van der Waals surface area contributed by atoms with Gasteiger partial charge >= 0.3 is 0 Å². The van der Waals surface area contributed by atoms with Crippen LogP contribution in [-0.4, -0.2) is 28.7 Å². The molecule has 1 saturated heterocycles. The maximum Gasteiger partial charge on any atom is 0.251 e. The van der Waals surface area contributed by atoms with Gasteiger partial charge in [0, 0.05) is 12.3 Å². The molecule has 4 nitrogen and oxygen atoms in total. The minimum atomic E-state index is -0.224. The first kappa shape index (κ1) is 14.2. The van der Waals surface area contributed by atoms with Crippen LogP contribution in [0.15, 0.2) is 18.2 Å². The van der Waals surface area contributed by atoms with Gasteiger partial charge in [-0.25, -0.2) is 0 Å². The first-order chi connectivity index (χ1) is 8.88. The molecular formula is C14H20N2O2S. The van der Waals surface area contributed by atoms with Gasteiger partial charge in [-0.1, -0.05) is 26.8 Å². The lowest BCUT2D eigenvalue weighted by Gasteiger charge is -2.21. The van der Waals surface area contributed by atoms with Crippen molar-refractivity contribution >= 4 is 23.4 Å². The van der Waals surface area contributed by atoms with Gasteiger partial charge in [0.2, 0.25) is 0 Å². The van der Waals surface area contributed by atoms with Crippen LogP contribution in [0.1, 0.15) is 26.3 Å². The number of aromatic hydroxyl groups is 1. The van der Waals surface area contributed by atoms with Gasteiger partial charge in [0.25, 0.3) is 5.91 Å². The van der Waals surface area contributed by atoms with Crippen molar-refractivity contribution < 1.29 is 9.90 Å². The van der Waals surface area contributed by atoms with Gasteiger partial charge in [-0.3, -0.25) is 10.1 Å². The number of nitrogens with one attached hydrogen (secondary N) is 2. The third kappa shape index (κ3) is 3.42. The minimum absolute atomic E-state index is 0.0203. The molecular weight excluding hydrogens is 260 g/mol. The highest BCUT2D eigenvalue weighted by Crippen LogP contribution is 2.31. The third-order valence-electron chi connectivity index (χ3n) is 3.07. The molecule has 1 aliphatic heterocycles. The monoisotopic (exact) mass is 280 g/mol. The Morgan fingerprint density at radius 1 is 1.47 bits per heavy atom. The van der Waals surface area contributed by atoms with Crippen molar-refractivity contribution in [2.75, 3.05) is 17.6 Å². The Balaban J connectivity index is 2.17. The second kappa shape index (κ2) is 5.43. The lowest BCUT2D eigenvalue weighted by molar-refractivity contribution is -0.116. The third-order valence-corrected chi connectivity index (χ3v) is 4.23. The van der Waals surface area contributed by atoms with Crippen molar-refractivity contribution in [2.24, 2.45) is 0 Å². The highest BCUT2D eigenvalue weighted by molar-refractivity contribution is 8.00. The van der Waals surface area contributed by atoms with Crippen LogP contribution in [0.4, 0.5) is 5.69 Å². The number of rotatable bonds is 2. The van der Waals surface area contributed by atoms with Crippen molar-refractivity contribution in [3.63, 3.8) is 0 Å². The summed E-state index contributed by atoms with van der Waals surface area (Å²) in [5.74, 6) is 0.930. The Morgan fingerprint density at radius 3 is 2.79 bits per heavy atom. The van der Waals surface area contributed by atoms with Crippen molar-refractivity contribution in [1.29, 1.82) is 0 Å². The number of anilines is 1. The summed E-state index contributed by atoms with van der Waals surface area (Å²) >= 11 is 1.58. The first-order valence-corrected chi connectivity index (χ1v) is 7.42. The molecule has 1 amide bonds. The number of benzene rings is 1. The van der Waals surface area contributed by atoms with E-state index in [1.165, 1.54) is 0 Å². The summed E-state index contributed by atoms with van der Waals surface area (Å²) in [7, 11) is 0. The Kier molecular flexibility index (Phi) is 4.06. The van der Waals surface area contributed by atoms with Crippen molar-refractivity contribution in [2.45, 2.75) is 31.6 Å². The molecule has 1 fully saturated rings. The van der Waals surface area contributed by atoms with Crippen LogP contribution >= 0.6 is 11.8 Å². The van der Waals surface area contributed by atoms with Crippen LogP contribution in [0.5, 0.6) is 5.75 Å². The van der Waals surface area contributed by atoms with Gasteiger partial charge in [0.1, 0.15) is 11.1 Å². The van der Waals surface area contributed by atoms with Crippen LogP contribution in [-0.2, 0) is 10.2 Å². The molecule has 1 aromatic carbocycles. The largest absolute Gasteiger partial charge is 0.506 e. The van der Waals surface area contributed by atoms with E-state index in [1.807, 2.05) is 12.1 Å². The van der Waals surface area contributed by atoms with E-state index in [1.54, 1.807) is 17.8 Å². The Labute approximate surface area is 118 Å². The lowest BCUT2D eigenvalue weighted by Crippen LogP contribution is -2.33. The molecule has 2 rings (SSSR count). The van der Waals surface area contributed by atoms with E-state index in [4.69, 9.17) is 0 Å². The molecule has 1 atom stereocenters. The predicted molar refractivity (Wildman–Crippen MR) is 79.7 cm³/mol. The number of hydrogen-bond donors (Lipinski definition) is 3. The summed E-state index contributed by atoms with van der Waals surface area (Å²) in [6, 6.07) is 5.35. The zero-order valence-electron chi connectivity index (χ0n) is 11.5. The summed E-state index contributed by atoms with van der Waals surface area (Å²) < 4.78 is 0. The Bertz CT molecular complexity index is 477. The molecule has 0 radical (unpaired) electrons. The molecule has 1 heterocycles. The molecule has 1 aromatic rings. The van der Waals surface area contributed by atoms with Gasteiger partial charge in [-0.2, -0.15) is 0 Å². The number of phenolic OH excluding ortho intramolecular Hbond substituents is 1. The van der Waals surface area contributed by atoms with Gasteiger partial charge in [-0.15, -0.1) is 11.8 Å². The summed E-state index contributed by atoms with van der Waals surface area (Å²) in [5.41, 5.74) is 1.53. The number of carbonyl (C=O) groups is 1. The van der Waals surface area contributed by atoms with Crippen LogP contribution in [0.2, 0.25) is 0 Å². The molecule has 0 unspecified atom stereocenters. The predicted octanol–water partition coefficient (Wildman–Crippen LogP) is 2.29. The SMILES string of the molecule is CC(C)(C)c1ccc(O)c(NC(=O)[C@@H]2NCCS2)c1. The quantitative estimate of drug-likeness (QED) is 0.727. The number of thioether (sulfide) groups is 1. The lowest BCUT2D eigenvalue weighted by atomic mass is 9.87. The maximum absolute atomic E-state index is 12.0. The zero-order chi connectivity index (χ0) is 14.0. The Morgan fingerprint density at radius 2 is 2.21 bits per heavy atom. The highest BCUT2D eigenvalue weighted by atomic mass is 32.2. The topological polar surface area (TPSA) is 61.4 Å². The molecule has 0 bridgehead atoms. The van der Waals surface area contributed by atoms with Gasteiger partial charge in [0.15, 0.2) is 0 Å². The van der Waals surface area contributed by atoms with Gasteiger partial charge in [-0.05, 0) is 23.1 Å². The molecule has 19 heavy (non-hydrogen) atoms. The van der Waals surface area contributed by atoms with E-state index in [9.17, 15) is 9.90 Å². The molecule has 0 saturated carbocycles. The molecule has 5 heteroatoms. The molecule has 0 spiro atoms. The minimum Gasteiger partial charge on any atom is -0.506 e. The normalized spacial score (nSPS) is 19.4. The van der Waals surface area contributed by atoms with Crippen molar-refractivity contribution in [3.8, 4) is 5.75 Å². The van der Waals surface area contributed by atoms with Crippen LogP contribution < -0.4 is 10.6 Å². The van der Waals surface area contributed by atoms with Crippen LogP contribution in [0.3, 0.4) is 0 Å². The number of hydrogen-bond acceptors (Lipinski definition) is 4. The van der Waals surface area contributed by atoms with Crippen LogP contribution in [0, 0.1) is 0 Å². The van der Waals surface area contributed by atoms with E-state index in [2.05, 4.69) is 31.4 Å². The maximum atomic E-state index is 12.0. The number of carbonyl (C=O) groups excluding carboxylic acids is 1. The van der Waals surface area contributed by atoms with E-state index in [0.29, 0.717) is 5.69 Å². The zero-order valence-corrected chi connectivity index (χ0v) is 12.3. The van der Waals surface area contributed by atoms with Gasteiger partial charge in [0.05, 0.1) is 5.69 Å². The fraction of sp³-hybridized carbons (Fsp3) is 0.500. The second-order valence-corrected chi connectivity index (χ2v) is 6.89. The van der Waals surface area contributed by atoms with E-state index in [-0.39, 0.29) is 22.4 Å². The highest BCUT2D eigenvalue weighted by Gasteiger charge is 2.24. The average molecular weight is 280 g/mol. The summed E-state index contributed by atoms with van der Waals surface area (Å²) in [6.45, 7) is 7.13. The van der Waals surface area contributed by atoms with E-state index in [0.717, 1.165) is 17.9 Å². The molecule has 3 N–H and O–H groups in total. The van der Waals surface area contributed by atoms with E-state index < -0.39 is 0 Å². The number of amides is 1. The van der Waals surface area contributed by atoms with Gasteiger partial charge < -0.3 is 10.4 Å². The van der Waals surface area contributed by atoms with Crippen molar-refractivity contribution in [3.05, 3.63) is 23.8 Å². The first-order valence-electron chi connectivity index (χ1n) is 6.37. The fourth-order valence-corrected chi connectivity index (χ4v) is 2.81. The number of phenols is 1. The standard InChI is InChI=1S/C14H20N2O2S/c1-14(2,3)9-4-5-11(17)10(8-9)16-12(18)13-15-6-7-19-13/h4-5,8,13,15,17H,6-7H2,1-3H3,(H,16,18)/t13-/m1/s1.